The molecular formula is C26H48N4O4. The third-order valence-electron chi connectivity index (χ3n) is 7.54. The Morgan fingerprint density at radius 2 is 0.912 bits per heavy atom. The lowest BCUT2D eigenvalue weighted by Gasteiger charge is -2.39. The first-order valence-electron chi connectivity index (χ1n) is 13.2. The minimum absolute atomic E-state index is 0.138. The van der Waals surface area contributed by atoms with Gasteiger partial charge in [-0.2, -0.15) is 0 Å². The van der Waals surface area contributed by atoms with Gasteiger partial charge in [0.2, 0.25) is 0 Å². The van der Waals surface area contributed by atoms with Crippen LogP contribution in [0.1, 0.15) is 92.9 Å². The predicted molar refractivity (Wildman–Crippen MR) is 133 cm³/mol. The minimum Gasteiger partial charge on any atom is -0.444 e. The van der Waals surface area contributed by atoms with Crippen molar-refractivity contribution in [3.05, 3.63) is 0 Å². The summed E-state index contributed by atoms with van der Waals surface area (Å²) in [6, 6.07) is 1.43. The van der Waals surface area contributed by atoms with Crippen molar-refractivity contribution in [2.45, 2.75) is 128 Å². The third kappa shape index (κ3) is 6.78. The van der Waals surface area contributed by atoms with Crippen LogP contribution in [0.3, 0.4) is 0 Å². The van der Waals surface area contributed by atoms with Gasteiger partial charge < -0.3 is 30.7 Å². The van der Waals surface area contributed by atoms with E-state index in [1.54, 1.807) is 0 Å². The van der Waals surface area contributed by atoms with Gasteiger partial charge in [0, 0.05) is 24.2 Å². The zero-order chi connectivity index (χ0) is 25.3. The molecule has 4 bridgehead atoms. The van der Waals surface area contributed by atoms with Crippen LogP contribution < -0.4 is 11.5 Å². The summed E-state index contributed by atoms with van der Waals surface area (Å²) in [7, 11) is 0. The van der Waals surface area contributed by atoms with Crippen LogP contribution in [0.4, 0.5) is 9.59 Å². The number of rotatable bonds is 2. The van der Waals surface area contributed by atoms with Gasteiger partial charge in [0.05, 0.1) is 0 Å². The molecule has 34 heavy (non-hydrogen) atoms. The van der Waals surface area contributed by atoms with E-state index in [0.717, 1.165) is 64.5 Å². The van der Waals surface area contributed by atoms with Gasteiger partial charge in [0.15, 0.2) is 0 Å². The highest BCUT2D eigenvalue weighted by Crippen LogP contribution is 2.40. The molecule has 0 saturated carbocycles. The van der Waals surface area contributed by atoms with Gasteiger partial charge in [0.1, 0.15) is 11.2 Å². The van der Waals surface area contributed by atoms with Crippen molar-refractivity contribution in [3.8, 4) is 0 Å². The van der Waals surface area contributed by atoms with Gasteiger partial charge in [-0.1, -0.05) is 0 Å². The van der Waals surface area contributed by atoms with E-state index in [1.807, 2.05) is 51.3 Å². The number of piperidine rings is 2. The molecule has 4 aliphatic heterocycles. The Labute approximate surface area is 206 Å². The molecule has 0 spiro atoms. The van der Waals surface area contributed by atoms with Crippen LogP contribution in [0.15, 0.2) is 0 Å². The van der Waals surface area contributed by atoms with Crippen molar-refractivity contribution < 1.29 is 19.1 Å². The molecule has 4 N–H and O–H groups in total. The Morgan fingerprint density at radius 3 is 1.12 bits per heavy atom. The first-order chi connectivity index (χ1) is 15.8. The monoisotopic (exact) mass is 480 g/mol. The van der Waals surface area contributed by atoms with Crippen LogP contribution in [-0.4, -0.2) is 70.4 Å². The summed E-state index contributed by atoms with van der Waals surface area (Å²) < 4.78 is 11.0. The second-order valence-corrected chi connectivity index (χ2v) is 12.7. The normalized spacial score (nSPS) is 32.7. The molecule has 2 unspecified atom stereocenters. The summed E-state index contributed by atoms with van der Waals surface area (Å²) in [5.74, 6) is 1.18. The average Bonchev–Trinajstić information content (AvgIpc) is 3.15. The number of ether oxygens (including phenoxy) is 2. The molecule has 0 radical (unpaired) electrons. The molecule has 4 fully saturated rings. The molecule has 8 heteroatoms. The summed E-state index contributed by atoms with van der Waals surface area (Å²) >= 11 is 0. The molecule has 196 valence electrons. The lowest BCUT2D eigenvalue weighted by atomic mass is 9.91. The fourth-order valence-electron chi connectivity index (χ4n) is 6.19. The maximum Gasteiger partial charge on any atom is 0.410 e. The summed E-state index contributed by atoms with van der Waals surface area (Å²) in [4.78, 5) is 28.2. The second-order valence-electron chi connectivity index (χ2n) is 12.7. The predicted octanol–water partition coefficient (Wildman–Crippen LogP) is 4.25. The molecule has 0 aliphatic carbocycles. The van der Waals surface area contributed by atoms with E-state index in [-0.39, 0.29) is 12.2 Å². The molecule has 4 aliphatic rings. The van der Waals surface area contributed by atoms with Gasteiger partial charge >= 0.3 is 12.2 Å². The van der Waals surface area contributed by atoms with E-state index in [0.29, 0.717) is 36.0 Å². The summed E-state index contributed by atoms with van der Waals surface area (Å²) in [5, 5.41) is 0. The highest BCUT2D eigenvalue weighted by Gasteiger charge is 2.45. The van der Waals surface area contributed by atoms with Gasteiger partial charge in [-0.15, -0.1) is 0 Å². The summed E-state index contributed by atoms with van der Waals surface area (Å²) in [6.07, 6.45) is 8.36. The number of fused-ring (bicyclic) bond motifs is 4. The number of nitrogens with zero attached hydrogens (tertiary/aromatic N) is 2. The first kappa shape index (κ1) is 27.1. The molecular weight excluding hydrogens is 432 g/mol. The lowest BCUT2D eigenvalue weighted by molar-refractivity contribution is 0.00151. The minimum atomic E-state index is -0.402. The van der Waals surface area contributed by atoms with Crippen molar-refractivity contribution in [3.63, 3.8) is 0 Å². The van der Waals surface area contributed by atoms with Crippen LogP contribution in [0, 0.1) is 11.8 Å². The number of amides is 2. The average molecular weight is 481 g/mol. The van der Waals surface area contributed by atoms with E-state index < -0.39 is 11.2 Å². The number of nitrogens with two attached hydrogens (primary N) is 2. The van der Waals surface area contributed by atoms with Crippen molar-refractivity contribution in [2.75, 3.05) is 13.1 Å². The maximum atomic E-state index is 12.1. The van der Waals surface area contributed by atoms with E-state index in [1.165, 1.54) is 0 Å². The lowest BCUT2D eigenvalue weighted by Crippen LogP contribution is -2.49. The highest BCUT2D eigenvalue weighted by atomic mass is 16.6. The number of hydrogen-bond donors (Lipinski definition) is 2. The Balaban J connectivity index is 0.000000191. The largest absolute Gasteiger partial charge is 0.444 e. The fourth-order valence-corrected chi connectivity index (χ4v) is 6.19. The smallest absolute Gasteiger partial charge is 0.410 e. The maximum absolute atomic E-state index is 12.1. The van der Waals surface area contributed by atoms with Crippen molar-refractivity contribution in [1.82, 2.24) is 9.80 Å². The van der Waals surface area contributed by atoms with Crippen molar-refractivity contribution >= 4 is 12.2 Å². The zero-order valence-corrected chi connectivity index (χ0v) is 22.2. The molecule has 0 aromatic heterocycles. The van der Waals surface area contributed by atoms with Gasteiger partial charge in [-0.25, -0.2) is 9.59 Å². The van der Waals surface area contributed by atoms with Gasteiger partial charge in [0.25, 0.3) is 0 Å². The van der Waals surface area contributed by atoms with Crippen LogP contribution in [0.5, 0.6) is 0 Å². The van der Waals surface area contributed by atoms with Crippen LogP contribution in [0.25, 0.3) is 0 Å². The van der Waals surface area contributed by atoms with Crippen LogP contribution in [0.2, 0.25) is 0 Å². The van der Waals surface area contributed by atoms with Crippen molar-refractivity contribution in [2.24, 2.45) is 23.3 Å². The molecule has 0 aromatic carbocycles. The number of hydrogen-bond acceptors (Lipinski definition) is 6. The first-order valence-corrected chi connectivity index (χ1v) is 13.2. The molecule has 8 nitrogen and oxygen atoms in total. The van der Waals surface area contributed by atoms with E-state index >= 15 is 0 Å². The number of carbonyl (C=O) groups is 2. The molecule has 4 heterocycles. The highest BCUT2D eigenvalue weighted by molar-refractivity contribution is 5.70. The number of carbonyl (C=O) groups excluding carboxylic acids is 2. The van der Waals surface area contributed by atoms with E-state index in [4.69, 9.17) is 20.9 Å². The van der Waals surface area contributed by atoms with Gasteiger partial charge in [-0.05, 0) is 118 Å². The molecule has 0 aromatic rings. The fraction of sp³-hybridized carbons (Fsp3) is 0.923. The quantitative estimate of drug-likeness (QED) is 0.611. The third-order valence-corrected chi connectivity index (χ3v) is 7.54. The molecule has 6 atom stereocenters. The Morgan fingerprint density at radius 1 is 0.647 bits per heavy atom. The molecule has 4 rings (SSSR count). The van der Waals surface area contributed by atoms with Crippen molar-refractivity contribution in [1.29, 1.82) is 0 Å². The Bertz CT molecular complexity index is 629. The zero-order valence-electron chi connectivity index (χ0n) is 22.2. The Kier molecular flexibility index (Phi) is 8.44. The Hall–Kier alpha value is -1.54. The summed E-state index contributed by atoms with van der Waals surface area (Å²) in [6.45, 7) is 13.0. The van der Waals surface area contributed by atoms with Gasteiger partial charge in [-0.3, -0.25) is 0 Å². The van der Waals surface area contributed by atoms with Crippen LogP contribution >= 0.6 is 0 Å². The standard InChI is InChI=1S/2C13H24N2O2/c2*1-13(2,3)17-12(16)15-10-4-5-11(15)7-9(6-10)8-14/h2*9-11H,4-8,14H2,1-3H3/t2*9?,10-,11+. The second kappa shape index (κ2) is 10.6. The molecule has 2 amide bonds. The SMILES string of the molecule is CC(C)(C)OC(=O)N1[C@@H]2CC[C@H]1CC(CN)C2.CC(C)(C)OC(=O)N1[C@@H]2CC[C@H]1CC(CN)C2. The molecule has 4 saturated heterocycles. The summed E-state index contributed by atoms with van der Waals surface area (Å²) in [5.41, 5.74) is 10.7. The van der Waals surface area contributed by atoms with Crippen LogP contribution in [-0.2, 0) is 9.47 Å². The topological polar surface area (TPSA) is 111 Å². The van der Waals surface area contributed by atoms with E-state index in [9.17, 15) is 9.59 Å². The van der Waals surface area contributed by atoms with E-state index in [2.05, 4.69) is 0 Å².